The van der Waals surface area contributed by atoms with Gasteiger partial charge in [0, 0.05) is 26.2 Å². The second-order valence-electron chi connectivity index (χ2n) is 8.04. The van der Waals surface area contributed by atoms with Gasteiger partial charge in [-0.1, -0.05) is 39.0 Å². The van der Waals surface area contributed by atoms with E-state index in [2.05, 4.69) is 37.1 Å². The molecule has 0 aliphatic carbocycles. The zero-order valence-corrected chi connectivity index (χ0v) is 16.2. The van der Waals surface area contributed by atoms with Crippen LogP contribution >= 0.6 is 0 Å². The predicted octanol–water partition coefficient (Wildman–Crippen LogP) is 2.09. The average molecular weight is 361 g/mol. The molecule has 2 aliphatic rings. The highest BCUT2D eigenvalue weighted by Crippen LogP contribution is 2.30. The van der Waals surface area contributed by atoms with Crippen LogP contribution in [0.1, 0.15) is 26.3 Å². The second kappa shape index (κ2) is 8.27. The summed E-state index contributed by atoms with van der Waals surface area (Å²) in [7, 11) is 0. The Kier molecular flexibility index (Phi) is 6.04. The van der Waals surface area contributed by atoms with Crippen LogP contribution in [0.25, 0.3) is 0 Å². The Morgan fingerprint density at radius 1 is 1.27 bits per heavy atom. The van der Waals surface area contributed by atoms with E-state index in [1.165, 1.54) is 5.56 Å². The number of benzene rings is 1. The first-order valence-corrected chi connectivity index (χ1v) is 9.52. The Morgan fingerprint density at radius 3 is 2.88 bits per heavy atom. The Balaban J connectivity index is 1.43. The molecule has 6 nitrogen and oxygen atoms in total. The molecule has 1 atom stereocenters. The van der Waals surface area contributed by atoms with Crippen LogP contribution in [-0.4, -0.2) is 74.4 Å². The standard InChI is InChI=1S/C20H31N3O3/c1-20(2,3)17-6-4-5-7-18(17)26-12-8-21-19(24)23-10-9-22-11-13-25-15-16(22)14-23/h4-7,16H,8-15H2,1-3H3,(H,21,24). The van der Waals surface area contributed by atoms with E-state index in [1.54, 1.807) is 0 Å². The molecule has 2 heterocycles. The molecule has 26 heavy (non-hydrogen) atoms. The molecule has 144 valence electrons. The first-order valence-electron chi connectivity index (χ1n) is 9.52. The maximum Gasteiger partial charge on any atom is 0.317 e. The van der Waals surface area contributed by atoms with Crippen LogP contribution in [-0.2, 0) is 10.2 Å². The van der Waals surface area contributed by atoms with Crippen molar-refractivity contribution in [1.82, 2.24) is 15.1 Å². The number of carbonyl (C=O) groups excluding carboxylic acids is 1. The summed E-state index contributed by atoms with van der Waals surface area (Å²) in [6.07, 6.45) is 0. The van der Waals surface area contributed by atoms with Gasteiger partial charge in [0.05, 0.1) is 25.8 Å². The number of para-hydroxylation sites is 1. The number of amides is 2. The van der Waals surface area contributed by atoms with E-state index < -0.39 is 0 Å². The van der Waals surface area contributed by atoms with Gasteiger partial charge < -0.3 is 19.7 Å². The lowest BCUT2D eigenvalue weighted by atomic mass is 9.86. The van der Waals surface area contributed by atoms with Gasteiger partial charge in [0.1, 0.15) is 12.4 Å². The van der Waals surface area contributed by atoms with Crippen molar-refractivity contribution in [2.24, 2.45) is 0 Å². The van der Waals surface area contributed by atoms with E-state index in [-0.39, 0.29) is 11.4 Å². The SMILES string of the molecule is CC(C)(C)c1ccccc1OCCNC(=O)N1CCN2CCOCC2C1. The van der Waals surface area contributed by atoms with Crippen molar-refractivity contribution in [1.29, 1.82) is 0 Å². The fraction of sp³-hybridized carbons (Fsp3) is 0.650. The van der Waals surface area contributed by atoms with E-state index in [0.29, 0.717) is 19.2 Å². The molecule has 0 aromatic heterocycles. The summed E-state index contributed by atoms with van der Waals surface area (Å²) < 4.78 is 11.5. The molecule has 0 bridgehead atoms. The number of fused-ring (bicyclic) bond motifs is 1. The zero-order chi connectivity index (χ0) is 18.6. The van der Waals surface area contributed by atoms with Gasteiger partial charge in [0.25, 0.3) is 0 Å². The molecule has 2 amide bonds. The molecule has 2 aliphatic heterocycles. The Bertz CT molecular complexity index is 615. The molecule has 2 saturated heterocycles. The van der Waals surface area contributed by atoms with Gasteiger partial charge in [-0.3, -0.25) is 4.90 Å². The van der Waals surface area contributed by atoms with E-state index in [1.807, 2.05) is 23.1 Å². The average Bonchev–Trinajstić information content (AvgIpc) is 2.64. The number of urea groups is 1. The van der Waals surface area contributed by atoms with Gasteiger partial charge in [-0.25, -0.2) is 4.79 Å². The van der Waals surface area contributed by atoms with Crippen LogP contribution in [0.2, 0.25) is 0 Å². The lowest BCUT2D eigenvalue weighted by molar-refractivity contribution is -0.0365. The number of hydrogen-bond acceptors (Lipinski definition) is 4. The molecule has 0 spiro atoms. The van der Waals surface area contributed by atoms with E-state index >= 15 is 0 Å². The van der Waals surface area contributed by atoms with Crippen LogP contribution in [0.4, 0.5) is 4.79 Å². The molecule has 2 fully saturated rings. The highest BCUT2D eigenvalue weighted by atomic mass is 16.5. The Labute approximate surface area is 156 Å². The minimum atomic E-state index is -0.0112. The number of nitrogens with zero attached hydrogens (tertiary/aromatic N) is 2. The molecule has 1 aromatic carbocycles. The number of nitrogens with one attached hydrogen (secondary N) is 1. The van der Waals surface area contributed by atoms with Crippen molar-refractivity contribution < 1.29 is 14.3 Å². The van der Waals surface area contributed by atoms with Gasteiger partial charge in [-0.2, -0.15) is 0 Å². The molecule has 0 radical (unpaired) electrons. The predicted molar refractivity (Wildman–Crippen MR) is 102 cm³/mol. The van der Waals surface area contributed by atoms with Crippen molar-refractivity contribution in [2.75, 3.05) is 52.5 Å². The van der Waals surface area contributed by atoms with Crippen LogP contribution in [0.3, 0.4) is 0 Å². The largest absolute Gasteiger partial charge is 0.491 e. The van der Waals surface area contributed by atoms with E-state index in [0.717, 1.165) is 45.1 Å². The summed E-state index contributed by atoms with van der Waals surface area (Å²) in [6.45, 7) is 12.4. The molecule has 3 rings (SSSR count). The molecule has 1 aromatic rings. The molecular formula is C20H31N3O3. The number of hydrogen-bond donors (Lipinski definition) is 1. The first kappa shape index (κ1) is 19.0. The second-order valence-corrected chi connectivity index (χ2v) is 8.04. The highest BCUT2D eigenvalue weighted by molar-refractivity contribution is 5.74. The summed E-state index contributed by atoms with van der Waals surface area (Å²) in [5.41, 5.74) is 1.21. The lowest BCUT2D eigenvalue weighted by Gasteiger charge is -2.43. The van der Waals surface area contributed by atoms with Gasteiger partial charge in [-0.15, -0.1) is 0 Å². The topological polar surface area (TPSA) is 54.0 Å². The molecular weight excluding hydrogens is 330 g/mol. The Hall–Kier alpha value is -1.79. The number of carbonyl (C=O) groups is 1. The summed E-state index contributed by atoms with van der Waals surface area (Å²) in [6, 6.07) is 8.42. The summed E-state index contributed by atoms with van der Waals surface area (Å²) in [5.74, 6) is 0.891. The van der Waals surface area contributed by atoms with Crippen LogP contribution in [0.5, 0.6) is 5.75 Å². The zero-order valence-electron chi connectivity index (χ0n) is 16.2. The van der Waals surface area contributed by atoms with Crippen molar-refractivity contribution in [2.45, 2.75) is 32.2 Å². The van der Waals surface area contributed by atoms with Gasteiger partial charge in [-0.05, 0) is 17.0 Å². The smallest absolute Gasteiger partial charge is 0.317 e. The minimum absolute atomic E-state index is 0.0112. The van der Waals surface area contributed by atoms with Crippen molar-refractivity contribution >= 4 is 6.03 Å². The van der Waals surface area contributed by atoms with Crippen molar-refractivity contribution in [3.63, 3.8) is 0 Å². The molecule has 0 saturated carbocycles. The number of rotatable bonds is 4. The quantitative estimate of drug-likeness (QED) is 0.835. The monoisotopic (exact) mass is 361 g/mol. The lowest BCUT2D eigenvalue weighted by Crippen LogP contribution is -2.60. The van der Waals surface area contributed by atoms with Gasteiger partial charge >= 0.3 is 6.03 Å². The Morgan fingerprint density at radius 2 is 2.08 bits per heavy atom. The van der Waals surface area contributed by atoms with E-state index in [9.17, 15) is 4.79 Å². The maximum absolute atomic E-state index is 12.4. The number of piperazine rings is 1. The summed E-state index contributed by atoms with van der Waals surface area (Å²) >= 11 is 0. The van der Waals surface area contributed by atoms with Crippen LogP contribution in [0, 0.1) is 0 Å². The first-order chi connectivity index (χ1) is 12.4. The summed E-state index contributed by atoms with van der Waals surface area (Å²) in [4.78, 5) is 16.7. The third-order valence-corrected chi connectivity index (χ3v) is 5.06. The van der Waals surface area contributed by atoms with Crippen LogP contribution < -0.4 is 10.1 Å². The highest BCUT2D eigenvalue weighted by Gasteiger charge is 2.31. The summed E-state index contributed by atoms with van der Waals surface area (Å²) in [5, 5.41) is 2.98. The number of morpholine rings is 1. The third kappa shape index (κ3) is 4.68. The van der Waals surface area contributed by atoms with Crippen molar-refractivity contribution in [3.8, 4) is 5.75 Å². The maximum atomic E-state index is 12.4. The van der Waals surface area contributed by atoms with Gasteiger partial charge in [0.15, 0.2) is 0 Å². The molecule has 1 unspecified atom stereocenters. The van der Waals surface area contributed by atoms with Crippen molar-refractivity contribution in [3.05, 3.63) is 29.8 Å². The normalized spacial score (nSPS) is 21.2. The molecule has 1 N–H and O–H groups in total. The fourth-order valence-electron chi connectivity index (χ4n) is 3.57. The van der Waals surface area contributed by atoms with Crippen LogP contribution in [0.15, 0.2) is 24.3 Å². The number of ether oxygens (including phenoxy) is 2. The third-order valence-electron chi connectivity index (χ3n) is 5.06. The van der Waals surface area contributed by atoms with Gasteiger partial charge in [0.2, 0.25) is 0 Å². The minimum Gasteiger partial charge on any atom is -0.491 e. The fourth-order valence-corrected chi connectivity index (χ4v) is 3.57. The van der Waals surface area contributed by atoms with E-state index in [4.69, 9.17) is 9.47 Å². The molecule has 6 heteroatoms.